The molecule has 1 atom stereocenters. The summed E-state index contributed by atoms with van der Waals surface area (Å²) in [4.78, 5) is 33.2. The lowest BCUT2D eigenvalue weighted by Crippen LogP contribution is -2.40. The molecule has 1 amide bonds. The van der Waals surface area contributed by atoms with Crippen molar-refractivity contribution in [3.8, 4) is 23.0 Å². The van der Waals surface area contributed by atoms with Crippen LogP contribution in [-0.4, -0.2) is 29.3 Å². The van der Waals surface area contributed by atoms with Crippen LogP contribution in [0.15, 0.2) is 106 Å². The molecule has 9 nitrogen and oxygen atoms in total. The van der Waals surface area contributed by atoms with Crippen LogP contribution in [-0.2, 0) is 11.4 Å². The number of phenolic OH excluding ortho intramolecular Hbond substituents is 1. The van der Waals surface area contributed by atoms with Gasteiger partial charge in [-0.05, 0) is 85.1 Å². The number of carbonyl (C=O) groups is 1. The summed E-state index contributed by atoms with van der Waals surface area (Å²) in [6, 6.07) is 23.7. The zero-order valence-electron chi connectivity index (χ0n) is 26.7. The lowest BCUT2D eigenvalue weighted by molar-refractivity contribution is -0.113. The Balaban J connectivity index is 1.43. The van der Waals surface area contributed by atoms with E-state index >= 15 is 0 Å². The van der Waals surface area contributed by atoms with Crippen molar-refractivity contribution in [1.29, 1.82) is 0 Å². The third-order valence-electron chi connectivity index (χ3n) is 7.74. The number of benzene rings is 4. The van der Waals surface area contributed by atoms with E-state index in [1.807, 2.05) is 30.3 Å². The Labute approximate surface area is 296 Å². The highest BCUT2D eigenvalue weighted by atomic mass is 35.5. The molecule has 1 aliphatic heterocycles. The minimum absolute atomic E-state index is 0.0552. The Hall–Kier alpha value is -5.03. The molecule has 49 heavy (non-hydrogen) atoms. The molecule has 6 rings (SSSR count). The number of halogens is 2. The van der Waals surface area contributed by atoms with E-state index in [2.05, 4.69) is 5.32 Å². The molecule has 0 aliphatic carbocycles. The Bertz CT molecular complexity index is 2250. The molecule has 0 fully saturated rings. The Kier molecular flexibility index (Phi) is 10.1. The van der Waals surface area contributed by atoms with Crippen LogP contribution in [0.1, 0.15) is 36.6 Å². The van der Waals surface area contributed by atoms with Crippen LogP contribution in [0.3, 0.4) is 0 Å². The van der Waals surface area contributed by atoms with Crippen molar-refractivity contribution in [3.05, 3.63) is 143 Å². The van der Waals surface area contributed by atoms with E-state index in [1.54, 1.807) is 68.5 Å². The van der Waals surface area contributed by atoms with Crippen molar-refractivity contribution in [2.75, 3.05) is 19.0 Å². The van der Waals surface area contributed by atoms with Gasteiger partial charge < -0.3 is 24.6 Å². The number of thiazole rings is 1. The molecule has 12 heteroatoms. The molecule has 250 valence electrons. The number of phenols is 1. The normalized spacial score (nSPS) is 14.2. The first-order chi connectivity index (χ1) is 23.7. The lowest BCUT2D eigenvalue weighted by atomic mass is 9.94. The van der Waals surface area contributed by atoms with Crippen LogP contribution in [0.5, 0.6) is 23.0 Å². The van der Waals surface area contributed by atoms with E-state index in [9.17, 15) is 14.7 Å². The van der Waals surface area contributed by atoms with Gasteiger partial charge in [0.25, 0.3) is 11.5 Å². The zero-order valence-corrected chi connectivity index (χ0v) is 29.0. The number of nitrogens with zero attached hydrogens (tertiary/aromatic N) is 2. The molecule has 4 aromatic carbocycles. The van der Waals surface area contributed by atoms with Gasteiger partial charge in [-0.25, -0.2) is 4.99 Å². The maximum Gasteiger partial charge on any atom is 0.271 e. The molecule has 0 saturated carbocycles. The molecule has 2 heterocycles. The van der Waals surface area contributed by atoms with Crippen molar-refractivity contribution in [2.45, 2.75) is 26.5 Å². The average molecular weight is 717 g/mol. The number of anilines is 1. The first-order valence-electron chi connectivity index (χ1n) is 15.3. The molecule has 0 spiro atoms. The quantitative estimate of drug-likeness (QED) is 0.163. The molecule has 0 radical (unpaired) electrons. The number of allylic oxidation sites excluding steroid dienone is 1. The molecule has 0 bridgehead atoms. The van der Waals surface area contributed by atoms with E-state index in [4.69, 9.17) is 42.4 Å². The summed E-state index contributed by atoms with van der Waals surface area (Å²) in [5.74, 6) is 0.519. The van der Waals surface area contributed by atoms with Gasteiger partial charge in [0.15, 0.2) is 27.8 Å². The van der Waals surface area contributed by atoms with E-state index in [0.29, 0.717) is 60.0 Å². The van der Waals surface area contributed by atoms with E-state index in [-0.39, 0.29) is 29.2 Å². The molecule has 2 N–H and O–H groups in total. The molecule has 0 unspecified atom stereocenters. The Morgan fingerprint density at radius 2 is 1.78 bits per heavy atom. The predicted octanol–water partition coefficient (Wildman–Crippen LogP) is 6.87. The summed E-state index contributed by atoms with van der Waals surface area (Å²) in [6.07, 6.45) is 1.70. The minimum Gasteiger partial charge on any atom is -0.504 e. The van der Waals surface area contributed by atoms with Gasteiger partial charge in [-0.2, -0.15) is 0 Å². The van der Waals surface area contributed by atoms with E-state index in [0.717, 1.165) is 5.56 Å². The Morgan fingerprint density at radius 3 is 2.49 bits per heavy atom. The first-order valence-corrected chi connectivity index (χ1v) is 16.8. The molecule has 1 aromatic heterocycles. The number of ether oxygens (including phenoxy) is 3. The zero-order chi connectivity index (χ0) is 34.7. The van der Waals surface area contributed by atoms with Crippen molar-refractivity contribution in [3.63, 3.8) is 0 Å². The highest BCUT2D eigenvalue weighted by molar-refractivity contribution is 7.07. The topological polar surface area (TPSA) is 111 Å². The molecular weight excluding hydrogens is 685 g/mol. The number of para-hydroxylation sites is 1. The lowest BCUT2D eigenvalue weighted by Gasteiger charge is -2.26. The smallest absolute Gasteiger partial charge is 0.271 e. The van der Waals surface area contributed by atoms with Crippen LogP contribution in [0.25, 0.3) is 6.08 Å². The summed E-state index contributed by atoms with van der Waals surface area (Å²) in [5.41, 5.74) is 3.02. The second-order valence-corrected chi connectivity index (χ2v) is 12.9. The summed E-state index contributed by atoms with van der Waals surface area (Å²) in [6.45, 7) is 4.10. The standard InChI is InChI=1S/C37H31Cl2N3O6S/c1-4-47-29-19-24(12-15-28(29)43)33-32(35(44)41-26-8-6-5-7-9-26)21(2)40-37-42(33)36(45)31(49-37)18-23-16-27(39)34(30(17-23)46-3)48-20-22-10-13-25(38)14-11-22/h5-19,33,43H,4,20H2,1-3H3,(H,41,44)/b31-18-/t33-/m1/s1. The van der Waals surface area contributed by atoms with E-state index < -0.39 is 11.9 Å². The van der Waals surface area contributed by atoms with Crippen molar-refractivity contribution < 1.29 is 24.1 Å². The molecule has 1 aliphatic rings. The second-order valence-electron chi connectivity index (χ2n) is 11.0. The number of hydrogen-bond donors (Lipinski definition) is 2. The maximum atomic E-state index is 14.3. The number of methoxy groups -OCH3 is 1. The summed E-state index contributed by atoms with van der Waals surface area (Å²) < 4.78 is 19.1. The van der Waals surface area contributed by atoms with Crippen LogP contribution in [0.2, 0.25) is 10.0 Å². The minimum atomic E-state index is -0.872. The number of rotatable bonds is 10. The number of aromatic hydroxyl groups is 1. The van der Waals surface area contributed by atoms with Gasteiger partial charge in [0.05, 0.1) is 40.6 Å². The number of nitrogens with one attached hydrogen (secondary N) is 1. The van der Waals surface area contributed by atoms with Gasteiger partial charge in [-0.1, -0.05) is 70.9 Å². The van der Waals surface area contributed by atoms with Crippen molar-refractivity contribution >= 4 is 52.2 Å². The summed E-state index contributed by atoms with van der Waals surface area (Å²) in [7, 11) is 1.51. The summed E-state index contributed by atoms with van der Waals surface area (Å²) in [5, 5.41) is 14.3. The van der Waals surface area contributed by atoms with Gasteiger partial charge in [0, 0.05) is 10.7 Å². The Morgan fingerprint density at radius 1 is 1.02 bits per heavy atom. The van der Waals surface area contributed by atoms with Crippen molar-refractivity contribution in [2.24, 2.45) is 4.99 Å². The van der Waals surface area contributed by atoms with Gasteiger partial charge >= 0.3 is 0 Å². The number of fused-ring (bicyclic) bond motifs is 1. The third-order valence-corrected chi connectivity index (χ3v) is 9.26. The van der Waals surface area contributed by atoms with Crippen LogP contribution in [0, 0.1) is 0 Å². The molecular formula is C37H31Cl2N3O6S. The third kappa shape index (κ3) is 7.22. The van der Waals surface area contributed by atoms with Crippen molar-refractivity contribution in [1.82, 2.24) is 4.57 Å². The first kappa shape index (κ1) is 33.9. The molecule has 5 aromatic rings. The van der Waals surface area contributed by atoms with Gasteiger partial charge in [0.1, 0.15) is 6.61 Å². The second kappa shape index (κ2) is 14.6. The van der Waals surface area contributed by atoms with E-state index in [1.165, 1.54) is 29.1 Å². The SMILES string of the molecule is CCOc1cc([C@@H]2C(C(=O)Nc3ccccc3)=C(C)N=c3s/c(=C\c4cc(Cl)c(OCc5ccc(Cl)cc5)c(OC)c4)c(=O)n32)ccc1O. The van der Waals surface area contributed by atoms with Crippen LogP contribution < -0.4 is 34.4 Å². The van der Waals surface area contributed by atoms with Crippen LogP contribution in [0.4, 0.5) is 5.69 Å². The fourth-order valence-electron chi connectivity index (χ4n) is 5.47. The summed E-state index contributed by atoms with van der Waals surface area (Å²) >= 11 is 13.9. The number of carbonyl (C=O) groups excluding carboxylic acids is 1. The highest BCUT2D eigenvalue weighted by Crippen LogP contribution is 2.38. The fraction of sp³-hybridized carbons (Fsp3) is 0.162. The fourth-order valence-corrected chi connectivity index (χ4v) is 6.92. The largest absolute Gasteiger partial charge is 0.504 e. The van der Waals surface area contributed by atoms with Gasteiger partial charge in [-0.15, -0.1) is 0 Å². The highest BCUT2D eigenvalue weighted by Gasteiger charge is 2.33. The maximum absolute atomic E-state index is 14.3. The number of hydrogen-bond acceptors (Lipinski definition) is 8. The van der Waals surface area contributed by atoms with Gasteiger partial charge in [-0.3, -0.25) is 14.2 Å². The average Bonchev–Trinajstić information content (AvgIpc) is 3.39. The number of aromatic nitrogens is 1. The predicted molar refractivity (Wildman–Crippen MR) is 192 cm³/mol. The van der Waals surface area contributed by atoms with Crippen LogP contribution >= 0.6 is 34.5 Å². The monoisotopic (exact) mass is 715 g/mol. The molecule has 0 saturated heterocycles. The number of amides is 1. The van der Waals surface area contributed by atoms with Gasteiger partial charge in [0.2, 0.25) is 0 Å².